The van der Waals surface area contributed by atoms with Gasteiger partial charge in [-0.05, 0) is 37.3 Å². The zero-order valence-corrected chi connectivity index (χ0v) is 14.1. The van der Waals surface area contributed by atoms with E-state index in [1.807, 2.05) is 24.4 Å². The monoisotopic (exact) mass is 337 g/mol. The van der Waals surface area contributed by atoms with Crippen molar-refractivity contribution in [2.75, 3.05) is 26.3 Å². The molecule has 1 N–H and O–H groups in total. The fourth-order valence-electron chi connectivity index (χ4n) is 2.98. The van der Waals surface area contributed by atoms with Crippen molar-refractivity contribution >= 4 is 17.2 Å². The van der Waals surface area contributed by atoms with Crippen molar-refractivity contribution in [1.82, 2.24) is 4.90 Å². The molecule has 2 aliphatic rings. The lowest BCUT2D eigenvalue weighted by Crippen LogP contribution is -2.37. The highest BCUT2D eigenvalue weighted by Crippen LogP contribution is 2.41. The van der Waals surface area contributed by atoms with Crippen LogP contribution in [0.5, 0.6) is 0 Å². The number of amides is 1. The minimum absolute atomic E-state index is 0.0446. The van der Waals surface area contributed by atoms with Crippen molar-refractivity contribution in [3.05, 3.63) is 34.2 Å². The molecular weight excluding hydrogens is 314 g/mol. The van der Waals surface area contributed by atoms with Crippen LogP contribution in [0.15, 0.2) is 29.3 Å². The van der Waals surface area contributed by atoms with Crippen LogP contribution in [0.4, 0.5) is 0 Å². The maximum Gasteiger partial charge on any atom is 0.288 e. The summed E-state index contributed by atoms with van der Waals surface area (Å²) in [6.07, 6.45) is 3.00. The van der Waals surface area contributed by atoms with Crippen LogP contribution in [0.25, 0.3) is 0 Å². The lowest BCUT2D eigenvalue weighted by Gasteiger charge is -2.36. The summed E-state index contributed by atoms with van der Waals surface area (Å²) >= 11 is 1.68. The van der Waals surface area contributed by atoms with E-state index in [-0.39, 0.29) is 24.3 Å². The fraction of sp³-hybridized carbons (Fsp3) is 0.588. The molecule has 0 aromatic carbocycles. The van der Waals surface area contributed by atoms with E-state index in [0.717, 1.165) is 19.5 Å². The molecule has 1 saturated heterocycles. The maximum absolute atomic E-state index is 12.4. The van der Waals surface area contributed by atoms with Gasteiger partial charge in [0.1, 0.15) is 0 Å². The van der Waals surface area contributed by atoms with Crippen LogP contribution in [-0.2, 0) is 14.3 Å². The molecule has 1 aromatic heterocycles. The smallest absolute Gasteiger partial charge is 0.288 e. The number of allylic oxidation sites excluding steroid dienone is 1. The van der Waals surface area contributed by atoms with Crippen molar-refractivity contribution in [3.63, 3.8) is 0 Å². The Morgan fingerprint density at radius 3 is 2.96 bits per heavy atom. The second-order valence-electron chi connectivity index (χ2n) is 5.84. The zero-order valence-electron chi connectivity index (χ0n) is 13.3. The Morgan fingerprint density at radius 1 is 1.52 bits per heavy atom. The summed E-state index contributed by atoms with van der Waals surface area (Å²) in [5.41, 5.74) is 0. The van der Waals surface area contributed by atoms with Gasteiger partial charge in [-0.25, -0.2) is 0 Å². The van der Waals surface area contributed by atoms with Gasteiger partial charge in [0, 0.05) is 43.0 Å². The molecule has 3 atom stereocenters. The van der Waals surface area contributed by atoms with Gasteiger partial charge in [0.15, 0.2) is 5.76 Å². The van der Waals surface area contributed by atoms with Crippen LogP contribution in [-0.4, -0.2) is 48.5 Å². The van der Waals surface area contributed by atoms with E-state index in [1.54, 1.807) is 16.2 Å². The summed E-state index contributed by atoms with van der Waals surface area (Å²) in [6, 6.07) is 4.11. The highest BCUT2D eigenvalue weighted by atomic mass is 32.1. The van der Waals surface area contributed by atoms with E-state index in [0.29, 0.717) is 18.8 Å². The van der Waals surface area contributed by atoms with Crippen molar-refractivity contribution in [1.29, 1.82) is 0 Å². The molecule has 1 aromatic rings. The Hall–Kier alpha value is -1.37. The number of hydrogen-bond donors (Lipinski definition) is 1. The van der Waals surface area contributed by atoms with E-state index in [1.165, 1.54) is 4.88 Å². The van der Waals surface area contributed by atoms with Crippen molar-refractivity contribution in [2.24, 2.45) is 5.92 Å². The number of aliphatic hydroxyl groups is 1. The van der Waals surface area contributed by atoms with E-state index in [9.17, 15) is 9.90 Å². The average molecular weight is 337 g/mol. The number of nitrogens with zero attached hydrogens (tertiary/aromatic N) is 1. The highest BCUT2D eigenvalue weighted by molar-refractivity contribution is 7.10. The van der Waals surface area contributed by atoms with Crippen LogP contribution in [0.3, 0.4) is 0 Å². The average Bonchev–Trinajstić information content (AvgIpc) is 3.27. The van der Waals surface area contributed by atoms with E-state index in [4.69, 9.17) is 9.47 Å². The van der Waals surface area contributed by atoms with E-state index in [2.05, 4.69) is 6.07 Å². The second kappa shape index (κ2) is 7.47. The molecule has 0 spiro atoms. The predicted molar refractivity (Wildman–Crippen MR) is 88.0 cm³/mol. The molecule has 3 rings (SSSR count). The largest absolute Gasteiger partial charge is 0.459 e. The number of rotatable bonds is 7. The van der Waals surface area contributed by atoms with Crippen LogP contribution in [0, 0.1) is 5.92 Å². The molecule has 126 valence electrons. The van der Waals surface area contributed by atoms with Crippen LogP contribution < -0.4 is 0 Å². The molecule has 23 heavy (non-hydrogen) atoms. The minimum Gasteiger partial charge on any atom is -0.459 e. The molecule has 2 aliphatic heterocycles. The lowest BCUT2D eigenvalue weighted by molar-refractivity contribution is -0.168. The summed E-state index contributed by atoms with van der Waals surface area (Å²) in [6.45, 7) is 4.21. The Balaban J connectivity index is 1.89. The number of hydrogen-bond acceptors (Lipinski definition) is 5. The normalized spacial score (nSPS) is 26.6. The summed E-state index contributed by atoms with van der Waals surface area (Å²) in [5.74, 6) is 0.550. The molecule has 6 heteroatoms. The molecule has 0 aliphatic carbocycles. The molecule has 0 saturated carbocycles. The minimum atomic E-state index is -0.442. The number of thiophene rings is 1. The van der Waals surface area contributed by atoms with E-state index >= 15 is 0 Å². The van der Waals surface area contributed by atoms with Crippen molar-refractivity contribution < 1.29 is 19.4 Å². The van der Waals surface area contributed by atoms with Gasteiger partial charge in [-0.3, -0.25) is 4.79 Å². The first-order chi connectivity index (χ1) is 11.2. The summed E-state index contributed by atoms with van der Waals surface area (Å²) in [5, 5.41) is 11.2. The van der Waals surface area contributed by atoms with E-state index < -0.39 is 6.29 Å². The van der Waals surface area contributed by atoms with Crippen molar-refractivity contribution in [3.8, 4) is 0 Å². The van der Waals surface area contributed by atoms with Gasteiger partial charge < -0.3 is 19.5 Å². The first-order valence-electron chi connectivity index (χ1n) is 8.18. The van der Waals surface area contributed by atoms with Gasteiger partial charge in [-0.1, -0.05) is 6.07 Å². The molecule has 3 heterocycles. The third-order valence-electron chi connectivity index (χ3n) is 4.23. The number of carbonyl (C=O) groups is 1. The molecule has 0 unspecified atom stereocenters. The number of aliphatic hydroxyl groups excluding tert-OH is 1. The Labute approximate surface area is 140 Å². The number of ether oxygens (including phenoxy) is 2. The highest BCUT2D eigenvalue weighted by Gasteiger charge is 2.40. The quantitative estimate of drug-likeness (QED) is 0.776. The van der Waals surface area contributed by atoms with Gasteiger partial charge in [0.2, 0.25) is 6.29 Å². The summed E-state index contributed by atoms with van der Waals surface area (Å²) in [4.78, 5) is 15.4. The molecule has 1 fully saturated rings. The van der Waals surface area contributed by atoms with Gasteiger partial charge in [0.25, 0.3) is 5.91 Å². The third kappa shape index (κ3) is 3.76. The van der Waals surface area contributed by atoms with Gasteiger partial charge >= 0.3 is 0 Å². The molecule has 0 bridgehead atoms. The topological polar surface area (TPSA) is 58.8 Å². The Kier molecular flexibility index (Phi) is 5.35. The van der Waals surface area contributed by atoms with Gasteiger partial charge in [-0.2, -0.15) is 0 Å². The molecule has 0 radical (unpaired) electrons. The third-order valence-corrected chi connectivity index (χ3v) is 5.20. The first kappa shape index (κ1) is 16.5. The Bertz CT molecular complexity index is 553. The fourth-order valence-corrected chi connectivity index (χ4v) is 3.85. The summed E-state index contributed by atoms with van der Waals surface area (Å²) in [7, 11) is 0. The maximum atomic E-state index is 12.4. The zero-order chi connectivity index (χ0) is 16.2. The standard InChI is InChI=1S/C17H23NO4S/c1-2-21-17-12(5-3-9-19)13(15-6-4-10-23-15)11-14(22-17)16(20)18-7-8-18/h4,6,10-13,17,19H,2-3,5,7-9H2,1H3/t12-,13+,17-/m0/s1. The second-order valence-corrected chi connectivity index (χ2v) is 6.81. The Morgan fingerprint density at radius 2 is 2.35 bits per heavy atom. The first-order valence-corrected chi connectivity index (χ1v) is 9.06. The summed E-state index contributed by atoms with van der Waals surface area (Å²) < 4.78 is 11.7. The molecular formula is C17H23NO4S. The van der Waals surface area contributed by atoms with Crippen molar-refractivity contribution in [2.45, 2.75) is 32.0 Å². The van der Waals surface area contributed by atoms with Crippen LogP contribution in [0.2, 0.25) is 0 Å². The molecule has 1 amide bonds. The SMILES string of the molecule is CCO[C@H]1OC(C(=O)N2CC2)=C[C@@H](c2cccs2)[C@@H]1CCCO. The predicted octanol–water partition coefficient (Wildman–Crippen LogP) is 2.34. The van der Waals surface area contributed by atoms with Crippen LogP contribution in [0.1, 0.15) is 30.6 Å². The molecule has 5 nitrogen and oxygen atoms in total. The van der Waals surface area contributed by atoms with Gasteiger partial charge in [-0.15, -0.1) is 11.3 Å². The van der Waals surface area contributed by atoms with Crippen LogP contribution >= 0.6 is 11.3 Å². The van der Waals surface area contributed by atoms with Gasteiger partial charge in [0.05, 0.1) is 0 Å². The lowest BCUT2D eigenvalue weighted by atomic mass is 9.84. The number of carbonyl (C=O) groups excluding carboxylic acids is 1.